The molecule has 55 heavy (non-hydrogen) atoms. The van der Waals surface area contributed by atoms with E-state index >= 15 is 8.78 Å². The number of halogens is 2. The van der Waals surface area contributed by atoms with Crippen molar-refractivity contribution in [3.05, 3.63) is 0 Å². The quantitative estimate of drug-likeness (QED) is 0.0642. The van der Waals surface area contributed by atoms with E-state index in [2.05, 4.69) is 31.9 Å². The summed E-state index contributed by atoms with van der Waals surface area (Å²) >= 11 is 0. The van der Waals surface area contributed by atoms with Crippen molar-refractivity contribution in [3.8, 4) is 0 Å². The van der Waals surface area contributed by atoms with E-state index in [4.69, 9.17) is 10.8 Å². The molecule has 0 aromatic rings. The third kappa shape index (κ3) is 22.3. The van der Waals surface area contributed by atoms with Crippen molar-refractivity contribution in [2.75, 3.05) is 0 Å². The summed E-state index contributed by atoms with van der Waals surface area (Å²) in [4.78, 5) is 87.4. The summed E-state index contributed by atoms with van der Waals surface area (Å²) in [6, 6.07) is -5.77. The zero-order valence-electron chi connectivity index (χ0n) is 34.6. The molecular formula is C38H69F2N7O8. The van der Waals surface area contributed by atoms with Gasteiger partial charge >= 0.3 is 11.9 Å². The van der Waals surface area contributed by atoms with Crippen molar-refractivity contribution in [2.45, 2.75) is 176 Å². The fourth-order valence-electron chi connectivity index (χ4n) is 5.81. The average Bonchev–Trinajstić information content (AvgIpc) is 2.98. The van der Waals surface area contributed by atoms with Crippen LogP contribution in [0.2, 0.25) is 0 Å². The van der Waals surface area contributed by atoms with Crippen LogP contribution < -0.4 is 37.6 Å². The Hall–Kier alpha value is -3.89. The van der Waals surface area contributed by atoms with Crippen molar-refractivity contribution < 1.29 is 47.4 Å². The summed E-state index contributed by atoms with van der Waals surface area (Å²) in [5.41, 5.74) is 5.95. The van der Waals surface area contributed by atoms with Gasteiger partial charge < -0.3 is 42.7 Å². The molecule has 0 aliphatic carbocycles. The van der Waals surface area contributed by atoms with E-state index in [0.717, 1.165) is 6.92 Å². The number of carbonyl (C=O) groups excluding carboxylic acids is 6. The predicted octanol–water partition coefficient (Wildman–Crippen LogP) is 2.75. The molecule has 0 saturated carbocycles. The summed E-state index contributed by atoms with van der Waals surface area (Å²) in [7, 11) is 0. The monoisotopic (exact) mass is 790 g/mol. The maximum atomic E-state index is 15.4. The fraction of sp³-hybridized carbons (Fsp3) is 0.816. The first-order valence-corrected chi connectivity index (χ1v) is 19.4. The minimum atomic E-state index is -4.07. The smallest absolute Gasteiger partial charge is 0.343 e. The van der Waals surface area contributed by atoms with Crippen LogP contribution in [0.25, 0.3) is 0 Å². The number of amides is 6. The molecule has 6 amide bonds. The molecule has 0 bridgehead atoms. The molecule has 17 heteroatoms. The van der Waals surface area contributed by atoms with Gasteiger partial charge in [-0.05, 0) is 57.3 Å². The number of carboxylic acid groups (broad SMARTS) is 1. The standard InChI is InChI=1S/C38H69F2N7O8/c1-20(2)12-27(45-31(48)14-24(9)42-34(51)18-29(41)22(5)6)16-33(50)44-26(11)38(39,40)37(55)47-30(23(7)8)19-35(52)43-25(10)15-32(49)46-28(13-21(3)4)17-36(53)54/h20-30H,12-19,41H2,1-11H3,(H,42,51)(H,43,52)(H,44,50)(H,45,48)(H,46,49)(H,47,55)(H,53,54)/t24-,25-,26-,27-,28-,29+,30+/m0/s1. The van der Waals surface area contributed by atoms with Gasteiger partial charge in [-0.15, -0.1) is 0 Å². The van der Waals surface area contributed by atoms with Crippen molar-refractivity contribution in [1.29, 1.82) is 0 Å². The van der Waals surface area contributed by atoms with Crippen LogP contribution in [0.3, 0.4) is 0 Å². The van der Waals surface area contributed by atoms with Gasteiger partial charge in [0.15, 0.2) is 0 Å². The Morgan fingerprint density at radius 3 is 1.33 bits per heavy atom. The van der Waals surface area contributed by atoms with E-state index in [1.807, 2.05) is 41.5 Å². The molecule has 7 atom stereocenters. The van der Waals surface area contributed by atoms with Crippen molar-refractivity contribution >= 4 is 41.4 Å². The van der Waals surface area contributed by atoms with Gasteiger partial charge in [-0.1, -0.05) is 55.4 Å². The Morgan fingerprint density at radius 2 is 0.927 bits per heavy atom. The largest absolute Gasteiger partial charge is 0.481 e. The van der Waals surface area contributed by atoms with E-state index in [9.17, 15) is 33.6 Å². The van der Waals surface area contributed by atoms with Crippen LogP contribution in [-0.4, -0.2) is 94.7 Å². The summed E-state index contributed by atoms with van der Waals surface area (Å²) in [6.07, 6.45) is -0.262. The van der Waals surface area contributed by atoms with Crippen LogP contribution in [0.15, 0.2) is 0 Å². The van der Waals surface area contributed by atoms with Crippen molar-refractivity contribution in [2.24, 2.45) is 29.4 Å². The molecule has 0 aliphatic rings. The van der Waals surface area contributed by atoms with Gasteiger partial charge in [0.05, 0.1) is 12.5 Å². The first kappa shape index (κ1) is 51.1. The highest BCUT2D eigenvalue weighted by Gasteiger charge is 2.46. The number of aliphatic carboxylic acids is 1. The Labute approximate surface area is 325 Å². The predicted molar refractivity (Wildman–Crippen MR) is 205 cm³/mol. The lowest BCUT2D eigenvalue weighted by atomic mass is 9.98. The summed E-state index contributed by atoms with van der Waals surface area (Å²) in [5.74, 6) is -9.59. The number of hydrogen-bond donors (Lipinski definition) is 8. The Bertz CT molecular complexity index is 1280. The molecule has 0 aliphatic heterocycles. The second-order valence-electron chi connectivity index (χ2n) is 16.5. The SMILES string of the molecule is CC(C)C[C@@H](CC(=O)O)NC(=O)C[C@H](C)NC(=O)C[C@@H](NC(=O)C(F)(F)[C@H](C)NC(=O)C[C@H](CC(C)C)NC(=O)C[C@H](C)NC(=O)C[C@@H](N)C(C)C)C(C)C. The van der Waals surface area contributed by atoms with Crippen LogP contribution in [0.1, 0.15) is 128 Å². The number of rotatable bonds is 26. The summed E-state index contributed by atoms with van der Waals surface area (Å²) < 4.78 is 30.7. The maximum Gasteiger partial charge on any atom is 0.343 e. The lowest BCUT2D eigenvalue weighted by Crippen LogP contribution is -2.57. The molecule has 0 spiro atoms. The third-order valence-electron chi connectivity index (χ3n) is 8.92. The van der Waals surface area contributed by atoms with Gasteiger partial charge in [0.2, 0.25) is 29.5 Å². The Balaban J connectivity index is 5.28. The highest BCUT2D eigenvalue weighted by Crippen LogP contribution is 2.21. The number of hydrogen-bond acceptors (Lipinski definition) is 8. The molecule has 0 radical (unpaired) electrons. The lowest BCUT2D eigenvalue weighted by Gasteiger charge is -2.29. The van der Waals surface area contributed by atoms with Crippen molar-refractivity contribution in [3.63, 3.8) is 0 Å². The van der Waals surface area contributed by atoms with E-state index < -0.39 is 83.6 Å². The highest BCUT2D eigenvalue weighted by molar-refractivity contribution is 5.87. The van der Waals surface area contributed by atoms with E-state index in [-0.39, 0.29) is 68.2 Å². The minimum absolute atomic E-state index is 0.0357. The number of carbonyl (C=O) groups is 7. The van der Waals surface area contributed by atoms with Gasteiger partial charge in [0.25, 0.3) is 5.91 Å². The summed E-state index contributed by atoms with van der Waals surface area (Å²) in [5, 5.41) is 24.3. The van der Waals surface area contributed by atoms with Crippen LogP contribution >= 0.6 is 0 Å². The number of nitrogens with one attached hydrogen (secondary N) is 6. The molecule has 0 aromatic carbocycles. The second kappa shape index (κ2) is 24.6. The molecule has 9 N–H and O–H groups in total. The first-order valence-electron chi connectivity index (χ1n) is 19.4. The topological polar surface area (TPSA) is 238 Å². The van der Waals surface area contributed by atoms with Gasteiger partial charge in [-0.2, -0.15) is 8.78 Å². The van der Waals surface area contributed by atoms with Crippen LogP contribution in [0.5, 0.6) is 0 Å². The number of nitrogens with two attached hydrogens (primary N) is 1. The van der Waals surface area contributed by atoms with Gasteiger partial charge in [0, 0.05) is 68.4 Å². The van der Waals surface area contributed by atoms with Crippen LogP contribution in [0.4, 0.5) is 8.78 Å². The van der Waals surface area contributed by atoms with Gasteiger partial charge in [-0.3, -0.25) is 33.6 Å². The Kier molecular flexibility index (Phi) is 22.8. The maximum absolute atomic E-state index is 15.4. The third-order valence-corrected chi connectivity index (χ3v) is 8.92. The Morgan fingerprint density at radius 1 is 0.527 bits per heavy atom. The zero-order chi connectivity index (χ0) is 42.8. The molecule has 318 valence electrons. The van der Waals surface area contributed by atoms with Crippen LogP contribution in [0, 0.1) is 23.7 Å². The molecule has 0 unspecified atom stereocenters. The first-order chi connectivity index (χ1) is 25.2. The molecule has 0 aromatic heterocycles. The van der Waals surface area contributed by atoms with Gasteiger partial charge in [0.1, 0.15) is 0 Å². The summed E-state index contributed by atoms with van der Waals surface area (Å²) in [6.45, 7) is 18.8. The van der Waals surface area contributed by atoms with E-state index in [1.165, 1.54) is 0 Å². The number of alkyl halides is 2. The normalized spacial score (nSPS) is 15.7. The molecule has 0 fully saturated rings. The molecule has 0 rings (SSSR count). The van der Waals surface area contributed by atoms with E-state index in [0.29, 0.717) is 12.8 Å². The van der Waals surface area contributed by atoms with Crippen molar-refractivity contribution in [1.82, 2.24) is 31.9 Å². The minimum Gasteiger partial charge on any atom is -0.481 e. The van der Waals surface area contributed by atoms with Crippen LogP contribution in [-0.2, 0) is 33.6 Å². The molecule has 0 heterocycles. The molecule has 15 nitrogen and oxygen atoms in total. The van der Waals surface area contributed by atoms with E-state index in [1.54, 1.807) is 27.7 Å². The average molecular weight is 790 g/mol. The van der Waals surface area contributed by atoms with Gasteiger partial charge in [-0.25, -0.2) is 0 Å². The molecule has 0 saturated heterocycles. The fourth-order valence-corrected chi connectivity index (χ4v) is 5.81. The zero-order valence-corrected chi connectivity index (χ0v) is 34.6. The molecular weight excluding hydrogens is 720 g/mol. The number of carboxylic acids is 1. The highest BCUT2D eigenvalue weighted by atomic mass is 19.3. The lowest BCUT2D eigenvalue weighted by molar-refractivity contribution is -0.152. The second-order valence-corrected chi connectivity index (χ2v) is 16.5.